The third-order valence-corrected chi connectivity index (χ3v) is 5.60. The number of nitrogens with one attached hydrogen (secondary N) is 1. The molecule has 112 valence electrons. The van der Waals surface area contributed by atoms with Gasteiger partial charge in [0.05, 0.1) is 23.7 Å². The fourth-order valence-electron chi connectivity index (χ4n) is 4.19. The van der Waals surface area contributed by atoms with E-state index in [2.05, 4.69) is 29.6 Å². The lowest BCUT2D eigenvalue weighted by molar-refractivity contribution is -0.137. The fraction of sp³-hybridized carbons (Fsp3) is 0.611. The molecule has 3 heteroatoms. The average Bonchev–Trinajstić information content (AvgIpc) is 3.06. The van der Waals surface area contributed by atoms with Gasteiger partial charge in [0, 0.05) is 0 Å². The third kappa shape index (κ3) is 2.38. The van der Waals surface area contributed by atoms with E-state index < -0.39 is 0 Å². The minimum atomic E-state index is -0.164. The molecule has 2 heterocycles. The van der Waals surface area contributed by atoms with Crippen molar-refractivity contribution in [3.63, 3.8) is 0 Å². The number of amides is 1. The van der Waals surface area contributed by atoms with Gasteiger partial charge in [-0.1, -0.05) is 36.8 Å². The quantitative estimate of drug-likeness (QED) is 0.924. The molecule has 1 aromatic rings. The van der Waals surface area contributed by atoms with Gasteiger partial charge in [-0.2, -0.15) is 0 Å². The number of rotatable bonds is 4. The summed E-state index contributed by atoms with van der Waals surface area (Å²) in [7, 11) is 0. The molecule has 0 aromatic heterocycles. The summed E-state index contributed by atoms with van der Waals surface area (Å²) in [6.45, 7) is 0. The Labute approximate surface area is 126 Å². The number of fused-ring (bicyclic) bond motifs is 2. The number of ether oxygens (including phenoxy) is 1. The van der Waals surface area contributed by atoms with Crippen LogP contribution >= 0.6 is 0 Å². The molecule has 2 saturated heterocycles. The van der Waals surface area contributed by atoms with Gasteiger partial charge in [0.2, 0.25) is 5.91 Å². The van der Waals surface area contributed by atoms with Gasteiger partial charge in [0.1, 0.15) is 0 Å². The van der Waals surface area contributed by atoms with Crippen molar-refractivity contribution in [1.82, 2.24) is 5.32 Å². The van der Waals surface area contributed by atoms with E-state index in [4.69, 9.17) is 4.74 Å². The molecule has 1 saturated carbocycles. The van der Waals surface area contributed by atoms with Crippen molar-refractivity contribution in [2.45, 2.75) is 63.2 Å². The maximum Gasteiger partial charge on any atom is 0.226 e. The molecule has 21 heavy (non-hydrogen) atoms. The van der Waals surface area contributed by atoms with E-state index in [1.165, 1.54) is 18.4 Å². The topological polar surface area (TPSA) is 38.3 Å². The first-order valence-corrected chi connectivity index (χ1v) is 8.26. The second-order valence-electron chi connectivity index (χ2n) is 6.99. The second kappa shape index (κ2) is 5.13. The molecule has 3 atom stereocenters. The van der Waals surface area contributed by atoms with Crippen LogP contribution in [0.4, 0.5) is 0 Å². The van der Waals surface area contributed by atoms with Gasteiger partial charge in [-0.05, 0) is 44.1 Å². The van der Waals surface area contributed by atoms with Crippen molar-refractivity contribution in [3.8, 4) is 0 Å². The van der Waals surface area contributed by atoms with Crippen LogP contribution in [0.15, 0.2) is 30.3 Å². The highest BCUT2D eigenvalue weighted by molar-refractivity contribution is 5.84. The standard InChI is InChI=1S/C18H23NO2/c20-17(19-15-11-14-7-8-16(15)21-14)18(9-4-10-18)12-13-5-2-1-3-6-13/h1-3,5-6,14-16H,4,7-12H2,(H,19,20). The zero-order valence-corrected chi connectivity index (χ0v) is 12.4. The Bertz CT molecular complexity index is 523. The predicted octanol–water partition coefficient (Wildman–Crippen LogP) is 2.84. The van der Waals surface area contributed by atoms with E-state index in [0.29, 0.717) is 6.10 Å². The van der Waals surface area contributed by atoms with Gasteiger partial charge in [0.15, 0.2) is 0 Å². The molecule has 0 radical (unpaired) electrons. The molecule has 1 aliphatic carbocycles. The highest BCUT2D eigenvalue weighted by Gasteiger charge is 2.47. The summed E-state index contributed by atoms with van der Waals surface area (Å²) in [6, 6.07) is 10.7. The predicted molar refractivity (Wildman–Crippen MR) is 80.9 cm³/mol. The summed E-state index contributed by atoms with van der Waals surface area (Å²) < 4.78 is 5.85. The normalized spacial score (nSPS) is 32.7. The molecule has 3 unspecified atom stereocenters. The fourth-order valence-corrected chi connectivity index (χ4v) is 4.19. The van der Waals surface area contributed by atoms with Gasteiger partial charge in [-0.3, -0.25) is 4.79 Å². The van der Waals surface area contributed by atoms with Crippen molar-refractivity contribution in [3.05, 3.63) is 35.9 Å². The monoisotopic (exact) mass is 285 g/mol. The number of benzene rings is 1. The summed E-state index contributed by atoms with van der Waals surface area (Å²) >= 11 is 0. The van der Waals surface area contributed by atoms with Crippen LogP contribution < -0.4 is 5.32 Å². The molecule has 2 aliphatic heterocycles. The second-order valence-corrected chi connectivity index (χ2v) is 6.99. The maximum absolute atomic E-state index is 12.8. The Morgan fingerprint density at radius 1 is 1.24 bits per heavy atom. The average molecular weight is 285 g/mol. The van der Waals surface area contributed by atoms with E-state index in [1.54, 1.807) is 0 Å². The summed E-state index contributed by atoms with van der Waals surface area (Å²) in [5, 5.41) is 3.31. The van der Waals surface area contributed by atoms with Crippen molar-refractivity contribution < 1.29 is 9.53 Å². The molecular formula is C18H23NO2. The van der Waals surface area contributed by atoms with E-state index in [-0.39, 0.29) is 23.5 Å². The molecule has 4 rings (SSSR count). The first-order valence-electron chi connectivity index (χ1n) is 8.26. The summed E-state index contributed by atoms with van der Waals surface area (Å²) in [5.74, 6) is 0.263. The zero-order valence-electron chi connectivity index (χ0n) is 12.4. The van der Waals surface area contributed by atoms with Crippen LogP contribution in [-0.2, 0) is 16.0 Å². The Balaban J connectivity index is 1.44. The number of carbonyl (C=O) groups excluding carboxylic acids is 1. The first kappa shape index (κ1) is 13.3. The summed E-state index contributed by atoms with van der Waals surface area (Å²) in [5.41, 5.74) is 1.11. The van der Waals surface area contributed by atoms with Crippen molar-refractivity contribution in [2.24, 2.45) is 5.41 Å². The van der Waals surface area contributed by atoms with Gasteiger partial charge in [0.25, 0.3) is 0 Å². The van der Waals surface area contributed by atoms with Crippen LogP contribution in [0.3, 0.4) is 0 Å². The molecule has 0 spiro atoms. The van der Waals surface area contributed by atoms with Gasteiger partial charge in [-0.25, -0.2) is 0 Å². The molecule has 2 bridgehead atoms. The molecule has 3 fully saturated rings. The van der Waals surface area contributed by atoms with Gasteiger partial charge in [-0.15, -0.1) is 0 Å². The molecule has 3 nitrogen and oxygen atoms in total. The lowest BCUT2D eigenvalue weighted by atomic mass is 9.64. The van der Waals surface area contributed by atoms with Crippen LogP contribution in [0.2, 0.25) is 0 Å². The molecule has 1 N–H and O–H groups in total. The smallest absolute Gasteiger partial charge is 0.226 e. The highest BCUT2D eigenvalue weighted by atomic mass is 16.5. The van der Waals surface area contributed by atoms with Crippen LogP contribution in [0.25, 0.3) is 0 Å². The van der Waals surface area contributed by atoms with Gasteiger partial charge >= 0.3 is 0 Å². The Hall–Kier alpha value is -1.35. The number of hydrogen-bond acceptors (Lipinski definition) is 2. The van der Waals surface area contributed by atoms with Gasteiger partial charge < -0.3 is 10.1 Å². The molecule has 1 amide bonds. The summed E-state index contributed by atoms with van der Waals surface area (Å²) in [6.07, 6.45) is 8.06. The molecular weight excluding hydrogens is 262 g/mol. The SMILES string of the molecule is O=C(NC1CC2CCC1O2)C1(Cc2ccccc2)CCC1. The minimum Gasteiger partial charge on any atom is -0.373 e. The lowest BCUT2D eigenvalue weighted by Gasteiger charge is -2.41. The van der Waals surface area contributed by atoms with E-state index in [0.717, 1.165) is 32.1 Å². The third-order valence-electron chi connectivity index (χ3n) is 5.60. The van der Waals surface area contributed by atoms with Crippen molar-refractivity contribution >= 4 is 5.91 Å². The largest absolute Gasteiger partial charge is 0.373 e. The minimum absolute atomic E-state index is 0.164. The Morgan fingerprint density at radius 3 is 2.62 bits per heavy atom. The lowest BCUT2D eigenvalue weighted by Crippen LogP contribution is -2.52. The van der Waals surface area contributed by atoms with Crippen LogP contribution in [0, 0.1) is 5.41 Å². The summed E-state index contributed by atoms with van der Waals surface area (Å²) in [4.78, 5) is 12.8. The Kier molecular flexibility index (Phi) is 3.26. The van der Waals surface area contributed by atoms with Crippen molar-refractivity contribution in [2.75, 3.05) is 0 Å². The van der Waals surface area contributed by atoms with Crippen LogP contribution in [0.1, 0.15) is 44.1 Å². The Morgan fingerprint density at radius 2 is 2.05 bits per heavy atom. The van der Waals surface area contributed by atoms with Crippen molar-refractivity contribution in [1.29, 1.82) is 0 Å². The van der Waals surface area contributed by atoms with Crippen LogP contribution in [0.5, 0.6) is 0 Å². The zero-order chi connectivity index (χ0) is 14.3. The maximum atomic E-state index is 12.8. The van der Waals surface area contributed by atoms with E-state index in [1.807, 2.05) is 6.07 Å². The molecule has 3 aliphatic rings. The highest BCUT2D eigenvalue weighted by Crippen LogP contribution is 2.45. The first-order chi connectivity index (χ1) is 10.3. The van der Waals surface area contributed by atoms with E-state index >= 15 is 0 Å². The number of carbonyl (C=O) groups is 1. The van der Waals surface area contributed by atoms with Crippen LogP contribution in [-0.4, -0.2) is 24.2 Å². The van der Waals surface area contributed by atoms with E-state index in [9.17, 15) is 4.79 Å². The number of hydrogen-bond donors (Lipinski definition) is 1. The molecule has 1 aromatic carbocycles.